The zero-order valence-electron chi connectivity index (χ0n) is 15.8. The van der Waals surface area contributed by atoms with E-state index in [1.54, 1.807) is 0 Å². The van der Waals surface area contributed by atoms with Gasteiger partial charge in [0.2, 0.25) is 5.91 Å². The van der Waals surface area contributed by atoms with Crippen LogP contribution in [0.1, 0.15) is 30.2 Å². The Kier molecular flexibility index (Phi) is 4.75. The smallest absolute Gasteiger partial charge is 0.222 e. The third kappa shape index (κ3) is 3.77. The van der Waals surface area contributed by atoms with Gasteiger partial charge in [-0.3, -0.25) is 4.79 Å². The van der Waals surface area contributed by atoms with Gasteiger partial charge in [-0.25, -0.2) is 15.0 Å². The van der Waals surface area contributed by atoms with Gasteiger partial charge in [-0.15, -0.1) is 0 Å². The van der Waals surface area contributed by atoms with Crippen LogP contribution in [0.25, 0.3) is 11.0 Å². The molecule has 1 N–H and O–H groups in total. The zero-order chi connectivity index (χ0) is 18.8. The van der Waals surface area contributed by atoms with Crippen molar-refractivity contribution in [2.75, 3.05) is 25.0 Å². The van der Waals surface area contributed by atoms with Crippen molar-refractivity contribution in [3.05, 3.63) is 47.7 Å². The van der Waals surface area contributed by atoms with Crippen LogP contribution in [-0.2, 0) is 11.3 Å². The lowest BCUT2D eigenvalue weighted by Gasteiger charge is -2.16. The van der Waals surface area contributed by atoms with E-state index < -0.39 is 0 Å². The Morgan fingerprint density at radius 1 is 1.15 bits per heavy atom. The Labute approximate surface area is 158 Å². The summed E-state index contributed by atoms with van der Waals surface area (Å²) in [6.45, 7) is 6.82. The third-order valence-electron chi connectivity index (χ3n) is 4.92. The highest BCUT2D eigenvalue weighted by atomic mass is 16.2. The van der Waals surface area contributed by atoms with Crippen LogP contribution in [0.4, 0.5) is 5.82 Å². The number of nitrogens with one attached hydrogen (secondary N) is 1. The molecule has 7 nitrogen and oxygen atoms in total. The van der Waals surface area contributed by atoms with Crippen LogP contribution in [0.15, 0.2) is 30.3 Å². The molecule has 140 valence electrons. The quantitative estimate of drug-likeness (QED) is 0.727. The number of anilines is 1. The summed E-state index contributed by atoms with van der Waals surface area (Å²) in [6.07, 6.45) is 1.64. The number of carbonyl (C=O) groups excluding carboxylic acids is 1. The van der Waals surface area contributed by atoms with Crippen LogP contribution in [0, 0.1) is 13.8 Å². The molecule has 1 saturated heterocycles. The Bertz CT molecular complexity index is 980. The topological polar surface area (TPSA) is 75.9 Å². The van der Waals surface area contributed by atoms with Gasteiger partial charge in [-0.2, -0.15) is 0 Å². The highest BCUT2D eigenvalue weighted by Crippen LogP contribution is 2.18. The van der Waals surface area contributed by atoms with Gasteiger partial charge in [-0.05, 0) is 32.4 Å². The lowest BCUT2D eigenvalue weighted by atomic mass is 10.3. The van der Waals surface area contributed by atoms with E-state index in [2.05, 4.69) is 30.9 Å². The van der Waals surface area contributed by atoms with Crippen molar-refractivity contribution in [3.8, 4) is 0 Å². The Morgan fingerprint density at radius 2 is 2.00 bits per heavy atom. The second-order valence-corrected chi connectivity index (χ2v) is 6.94. The lowest BCUT2D eigenvalue weighted by molar-refractivity contribution is -0.127. The molecule has 4 rings (SSSR count). The summed E-state index contributed by atoms with van der Waals surface area (Å²) >= 11 is 0. The van der Waals surface area contributed by atoms with Gasteiger partial charge in [-0.1, -0.05) is 12.1 Å². The minimum absolute atomic E-state index is 0.249. The second kappa shape index (κ2) is 7.34. The molecule has 7 heteroatoms. The van der Waals surface area contributed by atoms with Crippen LogP contribution < -0.4 is 5.32 Å². The molecule has 1 aliphatic rings. The normalized spacial score (nSPS) is 14.3. The number of hydrogen-bond acceptors (Lipinski definition) is 5. The highest BCUT2D eigenvalue weighted by molar-refractivity contribution is 5.78. The SMILES string of the molecule is Cc1nc(Cn2c(C)nc3ccccc32)cc(NCCN2CCCC2=O)n1. The van der Waals surface area contributed by atoms with E-state index in [-0.39, 0.29) is 5.91 Å². The van der Waals surface area contributed by atoms with Crippen LogP contribution in [-0.4, -0.2) is 50.0 Å². The fourth-order valence-electron chi connectivity index (χ4n) is 3.62. The summed E-state index contributed by atoms with van der Waals surface area (Å²) in [4.78, 5) is 27.3. The number of para-hydroxylation sites is 2. The minimum Gasteiger partial charge on any atom is -0.368 e. The van der Waals surface area contributed by atoms with Gasteiger partial charge in [0.15, 0.2) is 0 Å². The number of likely N-dealkylation sites (tertiary alicyclic amines) is 1. The standard InChI is InChI=1S/C20H24N6O/c1-14-22-16(13-26-15(2)24-17-6-3-4-7-18(17)26)12-19(23-14)21-9-11-25-10-5-8-20(25)27/h3-4,6-7,12H,5,8-11,13H2,1-2H3,(H,21,22,23). The van der Waals surface area contributed by atoms with Crippen molar-refractivity contribution in [2.45, 2.75) is 33.2 Å². The maximum atomic E-state index is 11.7. The fourth-order valence-corrected chi connectivity index (χ4v) is 3.62. The number of amides is 1. The number of rotatable bonds is 6. The van der Waals surface area contributed by atoms with Crippen LogP contribution in [0.5, 0.6) is 0 Å². The van der Waals surface area contributed by atoms with Gasteiger partial charge >= 0.3 is 0 Å². The number of benzene rings is 1. The van der Waals surface area contributed by atoms with E-state index in [1.165, 1.54) is 0 Å². The summed E-state index contributed by atoms with van der Waals surface area (Å²) in [5, 5.41) is 3.33. The van der Waals surface area contributed by atoms with Gasteiger partial charge in [0.05, 0.1) is 23.3 Å². The van der Waals surface area contributed by atoms with Crippen molar-refractivity contribution in [1.82, 2.24) is 24.4 Å². The van der Waals surface area contributed by atoms with Crippen molar-refractivity contribution in [2.24, 2.45) is 0 Å². The summed E-state index contributed by atoms with van der Waals surface area (Å²) in [6, 6.07) is 10.1. The largest absolute Gasteiger partial charge is 0.368 e. The number of carbonyl (C=O) groups is 1. The molecule has 27 heavy (non-hydrogen) atoms. The molecule has 0 saturated carbocycles. The molecule has 2 aromatic heterocycles. The molecule has 0 bridgehead atoms. The van der Waals surface area contributed by atoms with Crippen molar-refractivity contribution in [3.63, 3.8) is 0 Å². The Morgan fingerprint density at radius 3 is 2.81 bits per heavy atom. The molecular formula is C20H24N6O. The average molecular weight is 364 g/mol. The molecule has 0 atom stereocenters. The van der Waals surface area contributed by atoms with E-state index in [1.807, 2.05) is 43.0 Å². The van der Waals surface area contributed by atoms with E-state index in [0.29, 0.717) is 26.1 Å². The molecule has 0 aliphatic carbocycles. The molecule has 1 aliphatic heterocycles. The summed E-state index contributed by atoms with van der Waals surface area (Å²) in [5.74, 6) is 2.74. The maximum Gasteiger partial charge on any atom is 0.222 e. The number of aryl methyl sites for hydroxylation is 2. The van der Waals surface area contributed by atoms with Gasteiger partial charge in [0.1, 0.15) is 17.5 Å². The van der Waals surface area contributed by atoms with Gasteiger partial charge < -0.3 is 14.8 Å². The number of aromatic nitrogens is 4. The predicted molar refractivity (Wildman–Crippen MR) is 105 cm³/mol. The number of hydrogen-bond donors (Lipinski definition) is 1. The molecule has 0 spiro atoms. The first-order valence-electron chi connectivity index (χ1n) is 9.38. The number of nitrogens with zero attached hydrogens (tertiary/aromatic N) is 5. The molecule has 0 unspecified atom stereocenters. The van der Waals surface area contributed by atoms with E-state index in [4.69, 9.17) is 0 Å². The van der Waals surface area contributed by atoms with Gasteiger partial charge in [0.25, 0.3) is 0 Å². The summed E-state index contributed by atoms with van der Waals surface area (Å²) in [5.41, 5.74) is 3.04. The first-order chi connectivity index (χ1) is 13.1. The molecule has 3 aromatic rings. The molecule has 3 heterocycles. The average Bonchev–Trinajstić information content (AvgIpc) is 3.18. The molecule has 1 amide bonds. The van der Waals surface area contributed by atoms with Crippen molar-refractivity contribution in [1.29, 1.82) is 0 Å². The highest BCUT2D eigenvalue weighted by Gasteiger charge is 2.19. The van der Waals surface area contributed by atoms with Gasteiger partial charge in [0, 0.05) is 32.1 Å². The molecular weight excluding hydrogens is 340 g/mol. The van der Waals surface area contributed by atoms with E-state index >= 15 is 0 Å². The fraction of sp³-hybridized carbons (Fsp3) is 0.400. The van der Waals surface area contributed by atoms with Crippen LogP contribution in [0.2, 0.25) is 0 Å². The summed E-state index contributed by atoms with van der Waals surface area (Å²) in [7, 11) is 0. The Hall–Kier alpha value is -2.96. The molecule has 1 fully saturated rings. The number of imidazole rings is 1. The third-order valence-corrected chi connectivity index (χ3v) is 4.92. The number of fused-ring (bicyclic) bond motifs is 1. The molecule has 1 aromatic carbocycles. The van der Waals surface area contributed by atoms with Crippen LogP contribution in [0.3, 0.4) is 0 Å². The maximum absolute atomic E-state index is 11.7. The van der Waals surface area contributed by atoms with Crippen molar-refractivity contribution >= 4 is 22.8 Å². The van der Waals surface area contributed by atoms with E-state index in [0.717, 1.165) is 47.2 Å². The molecule has 0 radical (unpaired) electrons. The predicted octanol–water partition coefficient (Wildman–Crippen LogP) is 2.53. The lowest BCUT2D eigenvalue weighted by Crippen LogP contribution is -2.30. The zero-order valence-corrected chi connectivity index (χ0v) is 15.8. The minimum atomic E-state index is 0.249. The van der Waals surface area contributed by atoms with Crippen molar-refractivity contribution < 1.29 is 4.79 Å². The first kappa shape index (κ1) is 17.5. The first-order valence-corrected chi connectivity index (χ1v) is 9.38. The van der Waals surface area contributed by atoms with Crippen LogP contribution >= 0.6 is 0 Å². The second-order valence-electron chi connectivity index (χ2n) is 6.94. The Balaban J connectivity index is 1.48. The monoisotopic (exact) mass is 364 g/mol. The van der Waals surface area contributed by atoms with E-state index in [9.17, 15) is 4.79 Å². The summed E-state index contributed by atoms with van der Waals surface area (Å²) < 4.78 is 2.17.